The second-order valence-corrected chi connectivity index (χ2v) is 17.0. The molecule has 0 radical (unpaired) electrons. The van der Waals surface area contributed by atoms with Gasteiger partial charge in [-0.05, 0) is 111 Å². The molecule has 4 saturated carbocycles. The third kappa shape index (κ3) is 5.69. The molecule has 5 nitrogen and oxygen atoms in total. The maximum atomic E-state index is 7.66. The third-order valence-corrected chi connectivity index (χ3v) is 13.5. The lowest BCUT2D eigenvalue weighted by molar-refractivity contribution is -0.0280. The van der Waals surface area contributed by atoms with Crippen LogP contribution in [0.4, 0.5) is 11.4 Å². The first-order valence-electron chi connectivity index (χ1n) is 20.3. The Bertz CT molecular complexity index is 2980. The second kappa shape index (κ2) is 13.3. The van der Waals surface area contributed by atoms with E-state index in [4.69, 9.17) is 28.1 Å². The van der Waals surface area contributed by atoms with E-state index in [0.29, 0.717) is 28.8 Å². The molecule has 0 spiro atoms. The van der Waals surface area contributed by atoms with Crippen molar-refractivity contribution < 1.29 is 0 Å². The van der Waals surface area contributed by atoms with Gasteiger partial charge in [-0.2, -0.15) is 0 Å². The SMILES string of the molecule is [C-]#[N+]c1ccc(-c2nc(-c3ccccc3)nc(-c3ccc(C45CC6CC(C4)CC(c4ccc7cc(-c8cccc9c([N+]#[C-])cccc89)ccc7c4)(C6)C5)cc3)n2)cc1. The van der Waals surface area contributed by atoms with Gasteiger partial charge in [-0.1, -0.05) is 146 Å². The van der Waals surface area contributed by atoms with Gasteiger partial charge in [0, 0.05) is 16.7 Å². The minimum atomic E-state index is 0.157. The Hall–Kier alpha value is -6.95. The van der Waals surface area contributed by atoms with Crippen molar-refractivity contribution in [2.24, 2.45) is 11.8 Å². The highest BCUT2D eigenvalue weighted by Gasteiger charge is 2.58. The number of hydrogen-bond acceptors (Lipinski definition) is 3. The fourth-order valence-electron chi connectivity index (χ4n) is 11.3. The molecule has 0 amide bonds. The van der Waals surface area contributed by atoms with Gasteiger partial charge in [0.25, 0.3) is 0 Å². The normalized spacial score (nSPS) is 21.8. The van der Waals surface area contributed by atoms with Gasteiger partial charge in [0.05, 0.1) is 13.1 Å². The summed E-state index contributed by atoms with van der Waals surface area (Å²) in [5, 5.41) is 4.68. The first kappa shape index (κ1) is 34.3. The lowest BCUT2D eigenvalue weighted by Crippen LogP contribution is -2.55. The van der Waals surface area contributed by atoms with Crippen LogP contribution in [0.3, 0.4) is 0 Å². The molecule has 1 heterocycles. The highest BCUT2D eigenvalue weighted by atomic mass is 15.0. The zero-order valence-electron chi connectivity index (χ0n) is 32.1. The molecule has 5 heteroatoms. The summed E-state index contributed by atoms with van der Waals surface area (Å²) in [5.74, 6) is 3.36. The number of aromatic nitrogens is 3. The predicted octanol–water partition coefficient (Wildman–Crippen LogP) is 13.7. The summed E-state index contributed by atoms with van der Waals surface area (Å²) < 4.78 is 0. The average molecular weight is 746 g/mol. The molecule has 7 aromatic carbocycles. The molecule has 4 bridgehead atoms. The number of hydrogen-bond donors (Lipinski definition) is 0. The van der Waals surface area contributed by atoms with Gasteiger partial charge >= 0.3 is 0 Å². The van der Waals surface area contributed by atoms with Crippen molar-refractivity contribution >= 4 is 32.9 Å². The predicted molar refractivity (Wildman–Crippen MR) is 234 cm³/mol. The molecule has 2 unspecified atom stereocenters. The molecular weight excluding hydrogens is 707 g/mol. The number of nitrogens with zero attached hydrogens (tertiary/aromatic N) is 5. The molecule has 276 valence electrons. The molecule has 0 aliphatic heterocycles. The van der Waals surface area contributed by atoms with Crippen LogP contribution < -0.4 is 0 Å². The summed E-state index contributed by atoms with van der Waals surface area (Å²) in [6, 6.07) is 53.2. The van der Waals surface area contributed by atoms with Crippen molar-refractivity contribution in [1.29, 1.82) is 0 Å². The average Bonchev–Trinajstić information content (AvgIpc) is 3.28. The fraction of sp³-hybridized carbons (Fsp3) is 0.189. The van der Waals surface area contributed by atoms with E-state index in [1.54, 1.807) is 0 Å². The van der Waals surface area contributed by atoms with Crippen molar-refractivity contribution in [3.8, 4) is 45.3 Å². The van der Waals surface area contributed by atoms with Crippen molar-refractivity contribution in [2.45, 2.75) is 49.4 Å². The Labute approximate surface area is 338 Å². The smallest absolute Gasteiger partial charge is 0.194 e. The highest BCUT2D eigenvalue weighted by Crippen LogP contribution is 2.66. The topological polar surface area (TPSA) is 47.4 Å². The third-order valence-electron chi connectivity index (χ3n) is 13.5. The monoisotopic (exact) mass is 745 g/mol. The van der Waals surface area contributed by atoms with E-state index >= 15 is 0 Å². The van der Waals surface area contributed by atoms with E-state index in [2.05, 4.69) is 94.6 Å². The number of rotatable bonds is 6. The van der Waals surface area contributed by atoms with Gasteiger partial charge in [0.2, 0.25) is 0 Å². The maximum absolute atomic E-state index is 7.66. The van der Waals surface area contributed by atoms with Crippen molar-refractivity contribution in [1.82, 2.24) is 15.0 Å². The van der Waals surface area contributed by atoms with E-state index in [-0.39, 0.29) is 10.8 Å². The van der Waals surface area contributed by atoms with Gasteiger partial charge in [0.1, 0.15) is 0 Å². The fourth-order valence-corrected chi connectivity index (χ4v) is 11.3. The van der Waals surface area contributed by atoms with Crippen LogP contribution in [0.2, 0.25) is 0 Å². The van der Waals surface area contributed by atoms with E-state index in [1.807, 2.05) is 66.7 Å². The van der Waals surface area contributed by atoms with Crippen molar-refractivity contribution in [2.75, 3.05) is 0 Å². The van der Waals surface area contributed by atoms with Gasteiger partial charge in [-0.25, -0.2) is 24.6 Å². The Morgan fingerprint density at radius 2 is 1.02 bits per heavy atom. The summed E-state index contributed by atoms with van der Waals surface area (Å²) in [5.41, 5.74) is 9.71. The zero-order valence-corrected chi connectivity index (χ0v) is 32.1. The van der Waals surface area contributed by atoms with Crippen LogP contribution in [-0.4, -0.2) is 15.0 Å². The summed E-state index contributed by atoms with van der Waals surface area (Å²) in [6.45, 7) is 15.0. The van der Waals surface area contributed by atoms with Crippen LogP contribution in [0.1, 0.15) is 49.7 Å². The Morgan fingerprint density at radius 1 is 0.466 bits per heavy atom. The first-order chi connectivity index (χ1) is 28.5. The lowest BCUT2D eigenvalue weighted by atomic mass is 9.41. The second-order valence-electron chi connectivity index (χ2n) is 17.0. The van der Waals surface area contributed by atoms with Crippen LogP contribution >= 0.6 is 0 Å². The molecule has 8 aromatic rings. The summed E-state index contributed by atoms with van der Waals surface area (Å²) >= 11 is 0. The molecule has 4 aliphatic carbocycles. The van der Waals surface area contributed by atoms with Gasteiger partial charge < -0.3 is 0 Å². The summed E-state index contributed by atoms with van der Waals surface area (Å²) in [7, 11) is 0. The van der Waals surface area contributed by atoms with Crippen LogP contribution in [0, 0.1) is 25.0 Å². The van der Waals surface area contributed by atoms with E-state index in [0.717, 1.165) is 39.3 Å². The van der Waals surface area contributed by atoms with Crippen LogP contribution in [0.25, 0.3) is 76.5 Å². The maximum Gasteiger partial charge on any atom is 0.194 e. The van der Waals surface area contributed by atoms with E-state index in [1.165, 1.54) is 71.6 Å². The van der Waals surface area contributed by atoms with Gasteiger partial charge in [-0.15, -0.1) is 0 Å². The Morgan fingerprint density at radius 3 is 1.69 bits per heavy atom. The molecule has 1 aromatic heterocycles. The molecule has 58 heavy (non-hydrogen) atoms. The van der Waals surface area contributed by atoms with E-state index < -0.39 is 0 Å². The lowest BCUT2D eigenvalue weighted by Gasteiger charge is -2.63. The van der Waals surface area contributed by atoms with Crippen LogP contribution in [-0.2, 0) is 10.8 Å². The number of benzene rings is 7. The van der Waals surface area contributed by atoms with Crippen LogP contribution in [0.15, 0.2) is 152 Å². The highest BCUT2D eigenvalue weighted by molar-refractivity contribution is 6.04. The molecule has 12 rings (SSSR count). The summed E-state index contributed by atoms with van der Waals surface area (Å²) in [6.07, 6.45) is 7.61. The Balaban J connectivity index is 0.920. The minimum absolute atomic E-state index is 0.157. The molecule has 4 fully saturated rings. The van der Waals surface area contributed by atoms with Crippen LogP contribution in [0.5, 0.6) is 0 Å². The van der Waals surface area contributed by atoms with Gasteiger partial charge in [-0.3, -0.25) is 0 Å². The Kier molecular flexibility index (Phi) is 7.88. The summed E-state index contributed by atoms with van der Waals surface area (Å²) in [4.78, 5) is 22.2. The molecule has 0 saturated heterocycles. The van der Waals surface area contributed by atoms with Crippen molar-refractivity contribution in [3.05, 3.63) is 186 Å². The zero-order chi connectivity index (χ0) is 38.8. The largest absolute Gasteiger partial charge is 0.238 e. The van der Waals surface area contributed by atoms with Gasteiger partial charge in [0.15, 0.2) is 28.8 Å². The molecule has 2 atom stereocenters. The molecule has 4 aliphatic rings. The van der Waals surface area contributed by atoms with E-state index in [9.17, 15) is 0 Å². The first-order valence-corrected chi connectivity index (χ1v) is 20.3. The quantitative estimate of drug-likeness (QED) is 0.159. The minimum Gasteiger partial charge on any atom is -0.238 e. The standard InChI is InChI=1S/C53H39N5/c1-54-44-24-19-38(20-25-44)51-57-49(36-8-4-3-5-9-36)56-50(58-51)37-16-21-42(22-17-37)52-29-34-26-35(30-52)32-53(31-34,33-52)43-23-18-39-27-41(15-14-40(39)28-43)45-10-6-12-47-46(45)11-7-13-48(47)55-2/h3-25,27-28,34-35H,26,29-33H2. The van der Waals surface area contributed by atoms with Crippen molar-refractivity contribution in [3.63, 3.8) is 0 Å². The molecule has 0 N–H and O–H groups in total. The number of fused-ring (bicyclic) bond motifs is 2. The molecular formula is C53H39N5.